The van der Waals surface area contributed by atoms with E-state index in [0.717, 1.165) is 4.88 Å². The molecule has 0 saturated carbocycles. The predicted octanol–water partition coefficient (Wildman–Crippen LogP) is 2.42. The molecule has 0 aromatic carbocycles. The third-order valence-corrected chi connectivity index (χ3v) is 6.03. The summed E-state index contributed by atoms with van der Waals surface area (Å²) in [5.74, 6) is 0.204. The lowest BCUT2D eigenvalue weighted by atomic mass is 10.5. The van der Waals surface area contributed by atoms with Gasteiger partial charge in [-0.25, -0.2) is 8.42 Å². The number of aliphatic hydroxyl groups is 1. The van der Waals surface area contributed by atoms with E-state index in [2.05, 4.69) is 15.9 Å². The number of hydrogen-bond acceptors (Lipinski definition) is 5. The molecule has 0 aliphatic carbocycles. The molecule has 0 spiro atoms. The summed E-state index contributed by atoms with van der Waals surface area (Å²) in [4.78, 5) is 0.976. The molecular formula is C11H12BrNO4S2. The molecule has 0 fully saturated rings. The van der Waals surface area contributed by atoms with E-state index in [4.69, 9.17) is 9.52 Å². The molecule has 0 saturated heterocycles. The lowest BCUT2D eigenvalue weighted by Gasteiger charge is -2.15. The topological polar surface area (TPSA) is 70.8 Å². The maximum absolute atomic E-state index is 12.4. The van der Waals surface area contributed by atoms with Gasteiger partial charge in [-0.05, 0) is 27.4 Å². The Labute approximate surface area is 123 Å². The Balaban J connectivity index is 2.28. The van der Waals surface area contributed by atoms with Crippen molar-refractivity contribution in [2.24, 2.45) is 0 Å². The van der Waals surface area contributed by atoms with Crippen LogP contribution >= 0.6 is 27.3 Å². The standard InChI is InChI=1S/C11H12BrNO4S2/c1-13(6-9-3-2-4-18-9)19(15,16)10-5-8(7-14)17-11(10)12/h2-5,14H,6-7H2,1H3. The van der Waals surface area contributed by atoms with Gasteiger partial charge in [-0.2, -0.15) is 4.31 Å². The fraction of sp³-hybridized carbons (Fsp3) is 0.273. The largest absolute Gasteiger partial charge is 0.450 e. The molecule has 19 heavy (non-hydrogen) atoms. The highest BCUT2D eigenvalue weighted by atomic mass is 79.9. The Bertz CT molecular complexity index is 648. The first-order valence-corrected chi connectivity index (χ1v) is 8.44. The lowest BCUT2D eigenvalue weighted by Crippen LogP contribution is -2.26. The van der Waals surface area contributed by atoms with Crippen LogP contribution in [-0.2, 0) is 23.2 Å². The third-order valence-electron chi connectivity index (χ3n) is 2.51. The summed E-state index contributed by atoms with van der Waals surface area (Å²) in [6, 6.07) is 5.07. The van der Waals surface area contributed by atoms with Gasteiger partial charge >= 0.3 is 0 Å². The normalized spacial score (nSPS) is 12.2. The van der Waals surface area contributed by atoms with Crippen molar-refractivity contribution in [1.29, 1.82) is 0 Å². The maximum atomic E-state index is 12.4. The van der Waals surface area contributed by atoms with Crippen molar-refractivity contribution in [1.82, 2.24) is 4.31 Å². The molecule has 5 nitrogen and oxygen atoms in total. The van der Waals surface area contributed by atoms with Crippen LogP contribution in [-0.4, -0.2) is 24.9 Å². The Morgan fingerprint density at radius 1 is 1.53 bits per heavy atom. The maximum Gasteiger partial charge on any atom is 0.247 e. The summed E-state index contributed by atoms with van der Waals surface area (Å²) in [6.07, 6.45) is 0. The average molecular weight is 366 g/mol. The van der Waals surface area contributed by atoms with Crippen LogP contribution in [0.4, 0.5) is 0 Å². The number of rotatable bonds is 5. The Kier molecular flexibility index (Phi) is 4.46. The smallest absolute Gasteiger partial charge is 0.247 e. The van der Waals surface area contributed by atoms with E-state index in [-0.39, 0.29) is 21.9 Å². The fourth-order valence-corrected chi connectivity index (χ4v) is 4.47. The minimum Gasteiger partial charge on any atom is -0.450 e. The van der Waals surface area contributed by atoms with Gasteiger partial charge in [0.1, 0.15) is 17.3 Å². The van der Waals surface area contributed by atoms with Crippen molar-refractivity contribution in [3.63, 3.8) is 0 Å². The molecule has 0 aliphatic heterocycles. The monoisotopic (exact) mass is 365 g/mol. The molecule has 2 aromatic heterocycles. The highest BCUT2D eigenvalue weighted by Gasteiger charge is 2.27. The Hall–Kier alpha value is -0.670. The highest BCUT2D eigenvalue weighted by Crippen LogP contribution is 2.29. The fourth-order valence-electron chi connectivity index (χ4n) is 1.53. The van der Waals surface area contributed by atoms with Gasteiger partial charge in [0.25, 0.3) is 0 Å². The van der Waals surface area contributed by atoms with Crippen LogP contribution in [0.15, 0.2) is 37.6 Å². The van der Waals surface area contributed by atoms with Gasteiger partial charge in [-0.15, -0.1) is 11.3 Å². The predicted molar refractivity (Wildman–Crippen MR) is 75.3 cm³/mol. The van der Waals surface area contributed by atoms with Gasteiger partial charge in [0.15, 0.2) is 4.67 Å². The molecule has 2 rings (SSSR count). The van der Waals surface area contributed by atoms with E-state index >= 15 is 0 Å². The van der Waals surface area contributed by atoms with Crippen LogP contribution < -0.4 is 0 Å². The molecule has 8 heteroatoms. The molecule has 2 heterocycles. The van der Waals surface area contributed by atoms with Crippen LogP contribution in [0.2, 0.25) is 0 Å². The van der Waals surface area contributed by atoms with Crippen molar-refractivity contribution in [3.8, 4) is 0 Å². The van der Waals surface area contributed by atoms with E-state index in [9.17, 15) is 8.42 Å². The van der Waals surface area contributed by atoms with Crippen molar-refractivity contribution in [2.75, 3.05) is 7.05 Å². The van der Waals surface area contributed by atoms with Gasteiger partial charge in [0.2, 0.25) is 10.0 Å². The number of nitrogens with zero attached hydrogens (tertiary/aromatic N) is 1. The minimum atomic E-state index is -3.65. The molecule has 0 aliphatic rings. The summed E-state index contributed by atoms with van der Waals surface area (Å²) in [7, 11) is -2.14. The second kappa shape index (κ2) is 5.76. The molecule has 2 aromatic rings. The molecule has 0 bridgehead atoms. The van der Waals surface area contributed by atoms with Gasteiger partial charge < -0.3 is 9.52 Å². The van der Waals surface area contributed by atoms with E-state index in [1.54, 1.807) is 0 Å². The van der Waals surface area contributed by atoms with Gasteiger partial charge in [0.05, 0.1) is 0 Å². The zero-order valence-electron chi connectivity index (χ0n) is 10.0. The molecule has 0 amide bonds. The SMILES string of the molecule is CN(Cc1cccs1)S(=O)(=O)c1cc(CO)oc1Br. The number of thiophene rings is 1. The second-order valence-corrected chi connectivity index (χ2v) is 7.62. The van der Waals surface area contributed by atoms with Crippen LogP contribution in [0.25, 0.3) is 0 Å². The summed E-state index contributed by atoms with van der Waals surface area (Å²) < 4.78 is 31.2. The van der Waals surface area contributed by atoms with Gasteiger partial charge in [-0.1, -0.05) is 6.07 Å². The van der Waals surface area contributed by atoms with E-state index < -0.39 is 10.0 Å². The molecule has 0 unspecified atom stereocenters. The van der Waals surface area contributed by atoms with E-state index in [0.29, 0.717) is 6.54 Å². The number of sulfonamides is 1. The summed E-state index contributed by atoms with van der Waals surface area (Å²) in [6.45, 7) is -0.0468. The van der Waals surface area contributed by atoms with Crippen molar-refractivity contribution in [3.05, 3.63) is 38.9 Å². The summed E-state index contributed by atoms with van der Waals surface area (Å²) in [5, 5.41) is 10.9. The van der Waals surface area contributed by atoms with Crippen LogP contribution in [0.5, 0.6) is 0 Å². The summed E-state index contributed by atoms with van der Waals surface area (Å²) in [5.41, 5.74) is 0. The number of halogens is 1. The highest BCUT2D eigenvalue weighted by molar-refractivity contribution is 9.10. The van der Waals surface area contributed by atoms with Gasteiger partial charge in [0, 0.05) is 24.5 Å². The zero-order chi connectivity index (χ0) is 14.0. The third kappa shape index (κ3) is 3.09. The molecule has 0 radical (unpaired) electrons. The Morgan fingerprint density at radius 2 is 2.26 bits per heavy atom. The minimum absolute atomic E-state index is 0.0237. The van der Waals surface area contributed by atoms with E-state index in [1.807, 2.05) is 17.5 Å². The van der Waals surface area contributed by atoms with Crippen LogP contribution in [0, 0.1) is 0 Å². The van der Waals surface area contributed by atoms with Crippen molar-refractivity contribution in [2.45, 2.75) is 18.0 Å². The zero-order valence-corrected chi connectivity index (χ0v) is 13.3. The molecule has 1 N–H and O–H groups in total. The first-order chi connectivity index (χ1) is 8.95. The van der Waals surface area contributed by atoms with Crippen LogP contribution in [0.1, 0.15) is 10.6 Å². The van der Waals surface area contributed by atoms with Crippen molar-refractivity contribution >= 4 is 37.3 Å². The lowest BCUT2D eigenvalue weighted by molar-refractivity contribution is 0.245. The van der Waals surface area contributed by atoms with Crippen molar-refractivity contribution < 1.29 is 17.9 Å². The van der Waals surface area contributed by atoms with Crippen LogP contribution in [0.3, 0.4) is 0 Å². The first kappa shape index (κ1) is 14.7. The second-order valence-electron chi connectivity index (χ2n) is 3.85. The summed E-state index contributed by atoms with van der Waals surface area (Å²) >= 11 is 4.55. The number of furan rings is 1. The number of hydrogen-bond donors (Lipinski definition) is 1. The first-order valence-electron chi connectivity index (χ1n) is 5.33. The van der Waals surface area contributed by atoms with Gasteiger partial charge in [-0.3, -0.25) is 0 Å². The molecule has 104 valence electrons. The van der Waals surface area contributed by atoms with E-state index in [1.165, 1.54) is 28.8 Å². The average Bonchev–Trinajstić information content (AvgIpc) is 2.98. The molecular weight excluding hydrogens is 354 g/mol. The molecule has 0 atom stereocenters. The quantitative estimate of drug-likeness (QED) is 0.882. The number of aliphatic hydroxyl groups excluding tert-OH is 1. The Morgan fingerprint density at radius 3 is 2.79 bits per heavy atom.